The number of carbonyl (C=O) groups excluding carboxylic acids is 1. The van der Waals surface area contributed by atoms with Crippen LogP contribution in [0.3, 0.4) is 0 Å². The van der Waals surface area contributed by atoms with Gasteiger partial charge < -0.3 is 15.7 Å². The lowest BCUT2D eigenvalue weighted by molar-refractivity contribution is -0.0287. The molecule has 122 valence electrons. The Morgan fingerprint density at radius 1 is 1.35 bits per heavy atom. The summed E-state index contributed by atoms with van der Waals surface area (Å²) in [6.07, 6.45) is 2.51. The monoisotopic (exact) mass is 314 g/mol. The number of anilines is 1. The minimum absolute atomic E-state index is 0.279. The minimum atomic E-state index is -0.730. The van der Waals surface area contributed by atoms with E-state index in [-0.39, 0.29) is 12.6 Å². The van der Waals surface area contributed by atoms with Gasteiger partial charge in [0.1, 0.15) is 0 Å². The van der Waals surface area contributed by atoms with Crippen molar-refractivity contribution in [3.05, 3.63) is 41.7 Å². The summed E-state index contributed by atoms with van der Waals surface area (Å²) in [6.45, 7) is 4.19. The molecule has 1 aliphatic rings. The molecule has 0 bridgehead atoms. The topological polar surface area (TPSA) is 79.2 Å². The summed E-state index contributed by atoms with van der Waals surface area (Å²) < 4.78 is 1.81. The Bertz CT molecular complexity index is 719. The average Bonchev–Trinajstić information content (AvgIpc) is 2.82. The zero-order chi connectivity index (χ0) is 16.4. The van der Waals surface area contributed by atoms with Crippen LogP contribution in [0.25, 0.3) is 5.69 Å². The van der Waals surface area contributed by atoms with Gasteiger partial charge in [0.05, 0.1) is 22.7 Å². The number of aliphatic hydroxyl groups is 1. The summed E-state index contributed by atoms with van der Waals surface area (Å²) in [7, 11) is 0. The predicted octanol–water partition coefficient (Wildman–Crippen LogP) is 2.53. The lowest BCUT2D eigenvalue weighted by Gasteiger charge is -2.36. The van der Waals surface area contributed by atoms with Gasteiger partial charge in [-0.3, -0.25) is 0 Å². The largest absolute Gasteiger partial charge is 0.388 e. The third-order valence-electron chi connectivity index (χ3n) is 4.25. The molecular formula is C17H22N4O2. The van der Waals surface area contributed by atoms with E-state index in [1.54, 1.807) is 0 Å². The van der Waals surface area contributed by atoms with E-state index in [0.29, 0.717) is 5.69 Å². The van der Waals surface area contributed by atoms with Crippen molar-refractivity contribution in [1.82, 2.24) is 15.1 Å². The molecule has 0 unspecified atom stereocenters. The number of carbonyl (C=O) groups is 1. The summed E-state index contributed by atoms with van der Waals surface area (Å²) in [6, 6.07) is 9.19. The predicted molar refractivity (Wildman–Crippen MR) is 88.9 cm³/mol. The molecule has 6 nitrogen and oxygen atoms in total. The highest BCUT2D eigenvalue weighted by atomic mass is 16.3. The average molecular weight is 314 g/mol. The molecule has 6 heteroatoms. The Hall–Kier alpha value is -2.34. The fraction of sp³-hybridized carbons (Fsp3) is 0.412. The molecule has 0 atom stereocenters. The molecule has 1 aromatic heterocycles. The van der Waals surface area contributed by atoms with Crippen molar-refractivity contribution >= 4 is 11.7 Å². The van der Waals surface area contributed by atoms with E-state index in [1.165, 1.54) is 0 Å². The number of hydrogen-bond acceptors (Lipinski definition) is 3. The zero-order valence-electron chi connectivity index (χ0n) is 13.5. The second-order valence-electron chi connectivity index (χ2n) is 6.24. The summed E-state index contributed by atoms with van der Waals surface area (Å²) in [5.41, 5.74) is 2.69. The van der Waals surface area contributed by atoms with E-state index in [2.05, 4.69) is 15.7 Å². The fourth-order valence-corrected chi connectivity index (χ4v) is 2.81. The highest BCUT2D eigenvalue weighted by molar-refractivity contribution is 5.91. The van der Waals surface area contributed by atoms with Gasteiger partial charge in [0.15, 0.2) is 0 Å². The van der Waals surface area contributed by atoms with Crippen LogP contribution in [0.15, 0.2) is 30.3 Å². The minimum Gasteiger partial charge on any atom is -0.388 e. The summed E-state index contributed by atoms with van der Waals surface area (Å²) in [5, 5.41) is 20.1. The smallest absolute Gasteiger partial charge is 0.319 e. The molecule has 2 aromatic rings. The highest BCUT2D eigenvalue weighted by Gasteiger charge is 2.34. The van der Waals surface area contributed by atoms with Crippen LogP contribution in [0.2, 0.25) is 0 Å². The van der Waals surface area contributed by atoms with Gasteiger partial charge in [-0.25, -0.2) is 9.48 Å². The number of urea groups is 1. The second-order valence-corrected chi connectivity index (χ2v) is 6.24. The lowest BCUT2D eigenvalue weighted by atomic mass is 9.80. The van der Waals surface area contributed by atoms with E-state index < -0.39 is 5.60 Å². The molecule has 23 heavy (non-hydrogen) atoms. The molecule has 0 saturated heterocycles. The number of nitrogens with one attached hydrogen (secondary N) is 2. The first-order valence-corrected chi connectivity index (χ1v) is 7.87. The van der Waals surface area contributed by atoms with E-state index >= 15 is 0 Å². The molecule has 0 spiro atoms. The number of aromatic nitrogens is 2. The first-order chi connectivity index (χ1) is 11.0. The third kappa shape index (κ3) is 3.37. The van der Waals surface area contributed by atoms with Crippen molar-refractivity contribution in [3.63, 3.8) is 0 Å². The highest BCUT2D eigenvalue weighted by Crippen LogP contribution is 2.30. The van der Waals surface area contributed by atoms with Gasteiger partial charge >= 0.3 is 6.03 Å². The van der Waals surface area contributed by atoms with Crippen molar-refractivity contribution in [2.75, 3.05) is 11.9 Å². The SMILES string of the molecule is Cc1cc(C)n(-c2ccccc2NC(=O)NCC2(O)CCC2)n1. The van der Waals surface area contributed by atoms with Gasteiger partial charge in [0, 0.05) is 12.2 Å². The molecule has 1 saturated carbocycles. The normalized spacial score (nSPS) is 15.8. The molecule has 1 heterocycles. The maximum atomic E-state index is 12.1. The van der Waals surface area contributed by atoms with Gasteiger partial charge in [0.2, 0.25) is 0 Å². The number of nitrogens with zero attached hydrogens (tertiary/aromatic N) is 2. The van der Waals surface area contributed by atoms with Gasteiger partial charge in [-0.2, -0.15) is 5.10 Å². The molecule has 3 N–H and O–H groups in total. The molecule has 0 aliphatic heterocycles. The summed E-state index contributed by atoms with van der Waals surface area (Å²) in [4.78, 5) is 12.1. The van der Waals surface area contributed by atoms with Crippen LogP contribution in [-0.4, -0.2) is 33.1 Å². The quantitative estimate of drug-likeness (QED) is 0.811. The maximum Gasteiger partial charge on any atom is 0.319 e. The Morgan fingerprint density at radius 3 is 2.70 bits per heavy atom. The van der Waals surface area contributed by atoms with Crippen molar-refractivity contribution < 1.29 is 9.90 Å². The molecule has 1 aliphatic carbocycles. The van der Waals surface area contributed by atoms with Gasteiger partial charge in [-0.15, -0.1) is 0 Å². The molecule has 2 amide bonds. The fourth-order valence-electron chi connectivity index (χ4n) is 2.81. The van der Waals surface area contributed by atoms with Crippen LogP contribution in [0.1, 0.15) is 30.7 Å². The van der Waals surface area contributed by atoms with Crippen molar-refractivity contribution in [2.45, 2.75) is 38.7 Å². The maximum absolute atomic E-state index is 12.1. The standard InChI is InChI=1S/C17H22N4O2/c1-12-10-13(2)21(20-12)15-7-4-3-6-14(15)19-16(22)18-11-17(23)8-5-9-17/h3-4,6-7,10,23H,5,8-9,11H2,1-2H3,(H2,18,19,22). The van der Waals surface area contributed by atoms with E-state index in [9.17, 15) is 9.90 Å². The molecule has 3 rings (SSSR count). The molecular weight excluding hydrogens is 292 g/mol. The number of para-hydroxylation sites is 2. The van der Waals surface area contributed by atoms with E-state index in [4.69, 9.17) is 0 Å². The van der Waals surface area contributed by atoms with Crippen molar-refractivity contribution in [2.24, 2.45) is 0 Å². The number of aryl methyl sites for hydroxylation is 2. The van der Waals surface area contributed by atoms with Gasteiger partial charge in [0.25, 0.3) is 0 Å². The Kier molecular flexibility index (Phi) is 4.09. The third-order valence-corrected chi connectivity index (χ3v) is 4.25. The summed E-state index contributed by atoms with van der Waals surface area (Å²) in [5.74, 6) is 0. The lowest BCUT2D eigenvalue weighted by Crippen LogP contribution is -2.48. The van der Waals surface area contributed by atoms with Crippen LogP contribution in [0.4, 0.5) is 10.5 Å². The number of benzene rings is 1. The molecule has 1 aromatic carbocycles. The first kappa shape index (κ1) is 15.6. The molecule has 0 radical (unpaired) electrons. The van der Waals surface area contributed by atoms with Crippen LogP contribution in [0, 0.1) is 13.8 Å². The van der Waals surface area contributed by atoms with E-state index in [0.717, 1.165) is 36.3 Å². The number of hydrogen-bond donors (Lipinski definition) is 3. The number of rotatable bonds is 4. The Labute approximate surface area is 135 Å². The van der Waals surface area contributed by atoms with Crippen LogP contribution < -0.4 is 10.6 Å². The number of amides is 2. The van der Waals surface area contributed by atoms with Crippen molar-refractivity contribution in [1.29, 1.82) is 0 Å². The van der Waals surface area contributed by atoms with Gasteiger partial charge in [-0.05, 0) is 51.3 Å². The van der Waals surface area contributed by atoms with Gasteiger partial charge in [-0.1, -0.05) is 12.1 Å². The van der Waals surface area contributed by atoms with Crippen LogP contribution in [-0.2, 0) is 0 Å². The zero-order valence-corrected chi connectivity index (χ0v) is 13.5. The Morgan fingerprint density at radius 2 is 2.09 bits per heavy atom. The van der Waals surface area contributed by atoms with Crippen LogP contribution >= 0.6 is 0 Å². The molecule has 1 fully saturated rings. The Balaban J connectivity index is 1.73. The van der Waals surface area contributed by atoms with E-state index in [1.807, 2.05) is 48.9 Å². The van der Waals surface area contributed by atoms with Crippen LogP contribution in [0.5, 0.6) is 0 Å². The second kappa shape index (κ2) is 6.04. The first-order valence-electron chi connectivity index (χ1n) is 7.87. The summed E-state index contributed by atoms with van der Waals surface area (Å²) >= 11 is 0. The van der Waals surface area contributed by atoms with Crippen molar-refractivity contribution in [3.8, 4) is 5.69 Å².